The Morgan fingerprint density at radius 2 is 1.95 bits per heavy atom. The molecule has 22 heavy (non-hydrogen) atoms. The monoisotopic (exact) mass is 300 g/mol. The summed E-state index contributed by atoms with van der Waals surface area (Å²) in [4.78, 5) is 4.05. The Labute approximate surface area is 132 Å². The molecule has 1 aromatic heterocycles. The van der Waals surface area contributed by atoms with Crippen LogP contribution in [0.25, 0.3) is 11.1 Å². The van der Waals surface area contributed by atoms with Gasteiger partial charge in [-0.2, -0.15) is 0 Å². The van der Waals surface area contributed by atoms with Crippen molar-refractivity contribution in [2.45, 2.75) is 25.4 Å². The standard InChI is InChI=1S/C18H24N2O2/c1-18(8-11-21,14-22-2)20-13-15-4-3-5-17(12-15)16-6-9-19-10-7-16/h3-7,9-10,12,20-21H,8,11,13-14H2,1-2H3. The van der Waals surface area contributed by atoms with Gasteiger partial charge in [0.05, 0.1) is 6.61 Å². The van der Waals surface area contributed by atoms with Gasteiger partial charge in [-0.3, -0.25) is 4.98 Å². The molecule has 1 unspecified atom stereocenters. The molecule has 118 valence electrons. The van der Waals surface area contributed by atoms with Gasteiger partial charge >= 0.3 is 0 Å². The lowest BCUT2D eigenvalue weighted by Gasteiger charge is -2.29. The Kier molecular flexibility index (Phi) is 6.07. The van der Waals surface area contributed by atoms with Crippen molar-refractivity contribution in [2.75, 3.05) is 20.3 Å². The highest BCUT2D eigenvalue weighted by atomic mass is 16.5. The number of aliphatic hydroxyl groups is 1. The molecule has 2 rings (SSSR count). The summed E-state index contributed by atoms with van der Waals surface area (Å²) in [7, 11) is 1.68. The fraction of sp³-hybridized carbons (Fsp3) is 0.389. The van der Waals surface area contributed by atoms with E-state index < -0.39 is 0 Å². The van der Waals surface area contributed by atoms with Crippen LogP contribution in [0.3, 0.4) is 0 Å². The number of nitrogens with zero attached hydrogens (tertiary/aromatic N) is 1. The summed E-state index contributed by atoms with van der Waals surface area (Å²) >= 11 is 0. The zero-order valence-electron chi connectivity index (χ0n) is 13.2. The highest BCUT2D eigenvalue weighted by Crippen LogP contribution is 2.20. The molecule has 0 aliphatic rings. The number of aromatic nitrogens is 1. The van der Waals surface area contributed by atoms with Gasteiger partial charge < -0.3 is 15.2 Å². The second-order valence-corrected chi connectivity index (χ2v) is 5.76. The summed E-state index contributed by atoms with van der Waals surface area (Å²) in [6.45, 7) is 3.51. The maximum atomic E-state index is 9.22. The minimum Gasteiger partial charge on any atom is -0.396 e. The number of hydrogen-bond acceptors (Lipinski definition) is 4. The van der Waals surface area contributed by atoms with E-state index in [1.54, 1.807) is 19.5 Å². The van der Waals surface area contributed by atoms with Gasteiger partial charge in [0.25, 0.3) is 0 Å². The predicted octanol–water partition coefficient (Wildman–Crippen LogP) is 2.63. The smallest absolute Gasteiger partial charge is 0.0642 e. The molecule has 0 saturated carbocycles. The maximum absolute atomic E-state index is 9.22. The van der Waals surface area contributed by atoms with E-state index in [1.165, 1.54) is 11.1 Å². The van der Waals surface area contributed by atoms with Gasteiger partial charge in [-0.15, -0.1) is 0 Å². The van der Waals surface area contributed by atoms with E-state index in [-0.39, 0.29) is 12.1 Å². The SMILES string of the molecule is COCC(C)(CCO)NCc1cccc(-c2ccncc2)c1. The number of benzene rings is 1. The van der Waals surface area contributed by atoms with E-state index >= 15 is 0 Å². The molecule has 0 radical (unpaired) electrons. The van der Waals surface area contributed by atoms with Crippen LogP contribution in [0.4, 0.5) is 0 Å². The van der Waals surface area contributed by atoms with Gasteiger partial charge in [-0.1, -0.05) is 18.2 Å². The average molecular weight is 300 g/mol. The second-order valence-electron chi connectivity index (χ2n) is 5.76. The molecule has 1 heterocycles. The van der Waals surface area contributed by atoms with Crippen LogP contribution in [0.1, 0.15) is 18.9 Å². The summed E-state index contributed by atoms with van der Waals surface area (Å²) in [6, 6.07) is 12.5. The normalized spacial score (nSPS) is 13.8. The van der Waals surface area contributed by atoms with Crippen molar-refractivity contribution in [3.8, 4) is 11.1 Å². The van der Waals surface area contributed by atoms with Crippen LogP contribution >= 0.6 is 0 Å². The summed E-state index contributed by atoms with van der Waals surface area (Å²) in [5.74, 6) is 0. The third kappa shape index (κ3) is 4.63. The number of ether oxygens (including phenoxy) is 1. The second kappa shape index (κ2) is 8.03. The van der Waals surface area contributed by atoms with Gasteiger partial charge in [0.1, 0.15) is 0 Å². The fourth-order valence-electron chi connectivity index (χ4n) is 2.50. The summed E-state index contributed by atoms with van der Waals surface area (Å²) in [5, 5.41) is 12.7. The van der Waals surface area contributed by atoms with Crippen LogP contribution in [0.2, 0.25) is 0 Å². The van der Waals surface area contributed by atoms with Crippen molar-refractivity contribution < 1.29 is 9.84 Å². The van der Waals surface area contributed by atoms with E-state index in [9.17, 15) is 5.11 Å². The van der Waals surface area contributed by atoms with Crippen molar-refractivity contribution in [1.82, 2.24) is 10.3 Å². The first-order valence-corrected chi connectivity index (χ1v) is 7.51. The third-order valence-electron chi connectivity index (χ3n) is 3.79. The number of hydrogen-bond donors (Lipinski definition) is 2. The number of nitrogens with one attached hydrogen (secondary N) is 1. The maximum Gasteiger partial charge on any atom is 0.0642 e. The number of rotatable bonds is 8. The Balaban J connectivity index is 2.07. The van der Waals surface area contributed by atoms with Crippen LogP contribution < -0.4 is 5.32 Å². The van der Waals surface area contributed by atoms with Gasteiger partial charge in [0, 0.05) is 38.2 Å². The molecule has 0 spiro atoms. The summed E-state index contributed by atoms with van der Waals surface area (Å²) in [6.07, 6.45) is 4.26. The lowest BCUT2D eigenvalue weighted by Crippen LogP contribution is -2.46. The molecular formula is C18H24N2O2. The van der Waals surface area contributed by atoms with Crippen LogP contribution in [0, 0.1) is 0 Å². The first-order chi connectivity index (χ1) is 10.7. The summed E-state index contributed by atoms with van der Waals surface area (Å²) in [5.41, 5.74) is 3.31. The minimum absolute atomic E-state index is 0.143. The first kappa shape index (κ1) is 16.6. The molecule has 0 aliphatic carbocycles. The third-order valence-corrected chi connectivity index (χ3v) is 3.79. The highest BCUT2D eigenvalue weighted by molar-refractivity contribution is 5.63. The van der Waals surface area contributed by atoms with E-state index in [4.69, 9.17) is 4.74 Å². The minimum atomic E-state index is -0.226. The molecule has 0 saturated heterocycles. The van der Waals surface area contributed by atoms with Crippen molar-refractivity contribution in [1.29, 1.82) is 0 Å². The van der Waals surface area contributed by atoms with Gasteiger partial charge in [-0.05, 0) is 48.2 Å². The number of pyridine rings is 1. The lowest BCUT2D eigenvalue weighted by molar-refractivity contribution is 0.0970. The number of methoxy groups -OCH3 is 1. The molecule has 0 fully saturated rings. The number of aliphatic hydroxyl groups excluding tert-OH is 1. The Hall–Kier alpha value is -1.75. The van der Waals surface area contributed by atoms with E-state index in [2.05, 4.69) is 41.5 Å². The Bertz CT molecular complexity index is 566. The van der Waals surface area contributed by atoms with Crippen molar-refractivity contribution in [3.05, 3.63) is 54.4 Å². The van der Waals surface area contributed by atoms with E-state index in [1.807, 2.05) is 12.1 Å². The zero-order valence-corrected chi connectivity index (χ0v) is 13.2. The van der Waals surface area contributed by atoms with E-state index in [0.29, 0.717) is 13.0 Å². The van der Waals surface area contributed by atoms with Gasteiger partial charge in [0.2, 0.25) is 0 Å². The highest BCUT2D eigenvalue weighted by Gasteiger charge is 2.22. The van der Waals surface area contributed by atoms with Crippen molar-refractivity contribution in [2.24, 2.45) is 0 Å². The summed E-state index contributed by atoms with van der Waals surface area (Å²) < 4.78 is 5.26. The first-order valence-electron chi connectivity index (χ1n) is 7.51. The molecular weight excluding hydrogens is 276 g/mol. The van der Waals surface area contributed by atoms with Crippen LogP contribution in [-0.2, 0) is 11.3 Å². The largest absolute Gasteiger partial charge is 0.396 e. The molecule has 0 amide bonds. The Morgan fingerprint density at radius 1 is 1.18 bits per heavy atom. The molecule has 0 aliphatic heterocycles. The molecule has 0 bridgehead atoms. The van der Waals surface area contributed by atoms with Crippen LogP contribution in [0.15, 0.2) is 48.8 Å². The average Bonchev–Trinajstić information content (AvgIpc) is 2.55. The molecule has 2 aromatic rings. The lowest BCUT2D eigenvalue weighted by atomic mass is 9.98. The molecule has 4 heteroatoms. The quantitative estimate of drug-likeness (QED) is 0.787. The van der Waals surface area contributed by atoms with Crippen LogP contribution in [0.5, 0.6) is 0 Å². The van der Waals surface area contributed by atoms with Crippen molar-refractivity contribution >= 4 is 0 Å². The van der Waals surface area contributed by atoms with E-state index in [0.717, 1.165) is 12.1 Å². The van der Waals surface area contributed by atoms with Crippen LogP contribution in [-0.4, -0.2) is 36.0 Å². The molecule has 1 aromatic carbocycles. The van der Waals surface area contributed by atoms with Gasteiger partial charge in [0.15, 0.2) is 0 Å². The fourth-order valence-corrected chi connectivity index (χ4v) is 2.50. The van der Waals surface area contributed by atoms with Gasteiger partial charge in [-0.25, -0.2) is 0 Å². The molecule has 2 N–H and O–H groups in total. The Morgan fingerprint density at radius 3 is 2.64 bits per heavy atom. The predicted molar refractivity (Wildman–Crippen MR) is 88.5 cm³/mol. The molecule has 1 atom stereocenters. The topological polar surface area (TPSA) is 54.4 Å². The zero-order chi connectivity index (χ0) is 15.8. The van der Waals surface area contributed by atoms with Crippen molar-refractivity contribution in [3.63, 3.8) is 0 Å². The molecule has 4 nitrogen and oxygen atoms in total.